The predicted octanol–water partition coefficient (Wildman–Crippen LogP) is 1.97. The number of rotatable bonds is 7. The molecule has 0 aromatic carbocycles. The van der Waals surface area contributed by atoms with Gasteiger partial charge in [0.1, 0.15) is 0 Å². The first kappa shape index (κ1) is 17.0. The maximum atomic E-state index is 12.7. The number of aryl methyl sites for hydroxylation is 2. The predicted molar refractivity (Wildman–Crippen MR) is 89.1 cm³/mol. The maximum Gasteiger partial charge on any atom is 0.309 e. The summed E-state index contributed by atoms with van der Waals surface area (Å²) in [6.45, 7) is 7.50. The second-order valence-corrected chi connectivity index (χ2v) is 7.12. The molecule has 0 N–H and O–H groups in total. The second-order valence-electron chi connectivity index (χ2n) is 7.12. The van der Waals surface area contributed by atoms with E-state index in [9.17, 15) is 9.59 Å². The number of esters is 1. The number of carbonyl (C=O) groups excluding carboxylic acids is 2. The summed E-state index contributed by atoms with van der Waals surface area (Å²) >= 11 is 0. The molecule has 6 nitrogen and oxygen atoms in total. The van der Waals surface area contributed by atoms with E-state index in [4.69, 9.17) is 4.74 Å². The zero-order valence-corrected chi connectivity index (χ0v) is 15.0. The standard InChI is InChI=1S/C18H27N3O3/c1-5-24-18(23)15-8-14(15)9-21(17(22)13-6-7-13)10-16-11(2)19-20(4)12(16)3/h13-15H,5-10H2,1-4H3/t14-,15-/m1/s1. The van der Waals surface area contributed by atoms with Gasteiger partial charge in [-0.05, 0) is 46.0 Å². The molecule has 6 heteroatoms. The summed E-state index contributed by atoms with van der Waals surface area (Å²) in [5.41, 5.74) is 3.19. The Hall–Kier alpha value is -1.85. The van der Waals surface area contributed by atoms with Crippen LogP contribution >= 0.6 is 0 Å². The van der Waals surface area contributed by atoms with Crippen molar-refractivity contribution in [3.05, 3.63) is 17.0 Å². The summed E-state index contributed by atoms with van der Waals surface area (Å²) in [6, 6.07) is 0. The third-order valence-electron chi connectivity index (χ3n) is 5.21. The minimum atomic E-state index is -0.116. The van der Waals surface area contributed by atoms with Crippen molar-refractivity contribution >= 4 is 11.9 Å². The first-order chi connectivity index (χ1) is 11.4. The molecule has 1 aromatic rings. The Morgan fingerprint density at radius 2 is 2.04 bits per heavy atom. The molecule has 1 heterocycles. The van der Waals surface area contributed by atoms with Crippen LogP contribution in [0, 0.1) is 31.6 Å². The summed E-state index contributed by atoms with van der Waals surface area (Å²) in [4.78, 5) is 26.5. The average Bonchev–Trinajstić information content (AvgIpc) is 3.43. The van der Waals surface area contributed by atoms with E-state index in [0.29, 0.717) is 19.7 Å². The van der Waals surface area contributed by atoms with Crippen LogP contribution < -0.4 is 0 Å². The molecule has 2 aliphatic rings. The fourth-order valence-corrected chi connectivity index (χ4v) is 3.33. The van der Waals surface area contributed by atoms with Crippen molar-refractivity contribution in [1.82, 2.24) is 14.7 Å². The van der Waals surface area contributed by atoms with Crippen LogP contribution in [0.3, 0.4) is 0 Å². The molecule has 1 aromatic heterocycles. The molecule has 1 amide bonds. The molecule has 24 heavy (non-hydrogen) atoms. The van der Waals surface area contributed by atoms with Gasteiger partial charge in [-0.3, -0.25) is 14.3 Å². The van der Waals surface area contributed by atoms with Crippen LogP contribution in [0.15, 0.2) is 0 Å². The normalized spacial score (nSPS) is 22.3. The zero-order valence-electron chi connectivity index (χ0n) is 15.0. The molecule has 2 fully saturated rings. The number of amides is 1. The van der Waals surface area contributed by atoms with Gasteiger partial charge in [0, 0.05) is 37.3 Å². The molecular weight excluding hydrogens is 306 g/mol. The van der Waals surface area contributed by atoms with Crippen LogP contribution in [0.25, 0.3) is 0 Å². The molecule has 0 unspecified atom stereocenters. The Morgan fingerprint density at radius 3 is 2.58 bits per heavy atom. The van der Waals surface area contributed by atoms with E-state index in [1.807, 2.05) is 37.4 Å². The molecular formula is C18H27N3O3. The highest BCUT2D eigenvalue weighted by Gasteiger charge is 2.46. The van der Waals surface area contributed by atoms with Gasteiger partial charge in [0.15, 0.2) is 0 Å². The van der Waals surface area contributed by atoms with Crippen molar-refractivity contribution in [2.24, 2.45) is 24.8 Å². The van der Waals surface area contributed by atoms with Gasteiger partial charge in [0.05, 0.1) is 18.2 Å². The van der Waals surface area contributed by atoms with Crippen molar-refractivity contribution in [2.75, 3.05) is 13.2 Å². The Kier molecular flexibility index (Phi) is 4.65. The van der Waals surface area contributed by atoms with E-state index in [0.717, 1.165) is 36.2 Å². The summed E-state index contributed by atoms with van der Waals surface area (Å²) in [5.74, 6) is 0.504. The molecule has 0 aliphatic heterocycles. The third kappa shape index (κ3) is 3.47. The molecule has 3 rings (SSSR count). The second kappa shape index (κ2) is 6.57. The van der Waals surface area contributed by atoms with Gasteiger partial charge in [-0.25, -0.2) is 0 Å². The van der Waals surface area contributed by atoms with E-state index < -0.39 is 0 Å². The lowest BCUT2D eigenvalue weighted by atomic mass is 10.1. The zero-order chi connectivity index (χ0) is 17.4. The fraction of sp³-hybridized carbons (Fsp3) is 0.722. The van der Waals surface area contributed by atoms with Crippen molar-refractivity contribution in [3.8, 4) is 0 Å². The van der Waals surface area contributed by atoms with Gasteiger partial charge in [0.2, 0.25) is 5.91 Å². The van der Waals surface area contributed by atoms with Gasteiger partial charge in [-0.15, -0.1) is 0 Å². The monoisotopic (exact) mass is 333 g/mol. The van der Waals surface area contributed by atoms with Gasteiger partial charge in [-0.1, -0.05) is 0 Å². The molecule has 2 saturated carbocycles. The molecule has 2 aliphatic carbocycles. The smallest absolute Gasteiger partial charge is 0.309 e. The van der Waals surface area contributed by atoms with Gasteiger partial charge < -0.3 is 9.64 Å². The summed E-state index contributed by atoms with van der Waals surface area (Å²) in [5, 5.41) is 4.45. The van der Waals surface area contributed by atoms with Crippen molar-refractivity contribution < 1.29 is 14.3 Å². The summed E-state index contributed by atoms with van der Waals surface area (Å²) in [6.07, 6.45) is 2.82. The molecule has 0 spiro atoms. The van der Waals surface area contributed by atoms with E-state index >= 15 is 0 Å². The number of hydrogen-bond donors (Lipinski definition) is 0. The highest BCUT2D eigenvalue weighted by atomic mass is 16.5. The number of aromatic nitrogens is 2. The highest BCUT2D eigenvalue weighted by Crippen LogP contribution is 2.41. The van der Waals surface area contributed by atoms with Crippen LogP contribution in [-0.2, 0) is 27.9 Å². The highest BCUT2D eigenvalue weighted by molar-refractivity contribution is 5.81. The molecule has 0 saturated heterocycles. The van der Waals surface area contributed by atoms with Crippen molar-refractivity contribution in [3.63, 3.8) is 0 Å². The molecule has 0 bridgehead atoms. The summed E-state index contributed by atoms with van der Waals surface area (Å²) < 4.78 is 6.97. The van der Waals surface area contributed by atoms with E-state index in [2.05, 4.69) is 5.10 Å². The first-order valence-corrected chi connectivity index (χ1v) is 8.86. The van der Waals surface area contributed by atoms with E-state index in [-0.39, 0.29) is 29.6 Å². The van der Waals surface area contributed by atoms with E-state index in [1.165, 1.54) is 0 Å². The SMILES string of the molecule is CCOC(=O)[C@@H]1C[C@@H]1CN(Cc1c(C)nn(C)c1C)C(=O)C1CC1. The maximum absolute atomic E-state index is 12.7. The van der Waals surface area contributed by atoms with Gasteiger partial charge in [0.25, 0.3) is 0 Å². The Bertz CT molecular complexity index is 648. The Labute approximate surface area is 143 Å². The van der Waals surface area contributed by atoms with Gasteiger partial charge in [-0.2, -0.15) is 5.10 Å². The lowest BCUT2D eigenvalue weighted by Crippen LogP contribution is -2.34. The van der Waals surface area contributed by atoms with E-state index in [1.54, 1.807) is 0 Å². The largest absolute Gasteiger partial charge is 0.466 e. The lowest BCUT2D eigenvalue weighted by molar-refractivity contribution is -0.145. The topological polar surface area (TPSA) is 64.4 Å². The number of hydrogen-bond acceptors (Lipinski definition) is 4. The van der Waals surface area contributed by atoms with Crippen LogP contribution in [0.4, 0.5) is 0 Å². The first-order valence-electron chi connectivity index (χ1n) is 8.86. The number of carbonyl (C=O) groups is 2. The third-order valence-corrected chi connectivity index (χ3v) is 5.21. The molecule has 2 atom stereocenters. The summed E-state index contributed by atoms with van der Waals surface area (Å²) in [7, 11) is 1.93. The Balaban J connectivity index is 1.68. The quantitative estimate of drug-likeness (QED) is 0.716. The lowest BCUT2D eigenvalue weighted by Gasteiger charge is -2.23. The van der Waals surface area contributed by atoms with Gasteiger partial charge >= 0.3 is 5.97 Å². The molecule has 132 valence electrons. The number of ether oxygens (including phenoxy) is 1. The average molecular weight is 333 g/mol. The van der Waals surface area contributed by atoms with Crippen LogP contribution in [0.5, 0.6) is 0 Å². The Morgan fingerprint density at radius 1 is 1.33 bits per heavy atom. The number of nitrogens with zero attached hydrogens (tertiary/aromatic N) is 3. The van der Waals surface area contributed by atoms with Crippen LogP contribution in [0.1, 0.15) is 43.1 Å². The molecule has 0 radical (unpaired) electrons. The van der Waals surface area contributed by atoms with Crippen molar-refractivity contribution in [2.45, 2.75) is 46.6 Å². The van der Waals surface area contributed by atoms with Crippen LogP contribution in [0.2, 0.25) is 0 Å². The van der Waals surface area contributed by atoms with Crippen LogP contribution in [-0.4, -0.2) is 39.7 Å². The van der Waals surface area contributed by atoms with Crippen molar-refractivity contribution in [1.29, 1.82) is 0 Å². The minimum Gasteiger partial charge on any atom is -0.466 e. The minimum absolute atomic E-state index is 0.0319. The fourth-order valence-electron chi connectivity index (χ4n) is 3.33.